The monoisotopic (exact) mass is 392 g/mol. The molecule has 28 heavy (non-hydrogen) atoms. The van der Waals surface area contributed by atoms with Crippen molar-refractivity contribution >= 4 is 40.6 Å². The van der Waals surface area contributed by atoms with Crippen molar-refractivity contribution in [1.29, 1.82) is 0 Å². The lowest BCUT2D eigenvalue weighted by molar-refractivity contribution is 0.0989. The maximum absolute atomic E-state index is 12.8. The average molecular weight is 393 g/mol. The number of urea groups is 1. The smallest absolute Gasteiger partial charge is 0.308 e. The van der Waals surface area contributed by atoms with Crippen molar-refractivity contribution in [3.8, 4) is 0 Å². The molecule has 0 unspecified atom stereocenters. The van der Waals surface area contributed by atoms with Crippen LogP contribution >= 0.6 is 11.6 Å². The quantitative estimate of drug-likeness (QED) is 0.685. The first-order valence-corrected chi connectivity index (χ1v) is 9.16. The van der Waals surface area contributed by atoms with Gasteiger partial charge >= 0.3 is 6.03 Å². The second-order valence-electron chi connectivity index (χ2n) is 6.38. The topological polar surface area (TPSA) is 74.3 Å². The largest absolute Gasteiger partial charge is 0.323 e. The highest BCUT2D eigenvalue weighted by Gasteiger charge is 2.26. The molecule has 0 spiro atoms. The first-order valence-electron chi connectivity index (χ1n) is 8.78. The molecule has 1 aromatic heterocycles. The molecule has 140 valence electrons. The summed E-state index contributed by atoms with van der Waals surface area (Å²) in [5.74, 6) is -0.104. The number of nitrogens with one attached hydrogen (secondary N) is 2. The summed E-state index contributed by atoms with van der Waals surface area (Å²) < 4.78 is 0. The van der Waals surface area contributed by atoms with E-state index in [0.29, 0.717) is 28.5 Å². The Balaban J connectivity index is 1.50. The van der Waals surface area contributed by atoms with Gasteiger partial charge in [0.2, 0.25) is 0 Å². The number of benzene rings is 2. The maximum atomic E-state index is 12.8. The minimum absolute atomic E-state index is 0.104. The fraction of sp³-hybridized carbons (Fsp3) is 0.0952. The van der Waals surface area contributed by atoms with Gasteiger partial charge in [-0.15, -0.1) is 0 Å². The van der Waals surface area contributed by atoms with Gasteiger partial charge in [0, 0.05) is 41.0 Å². The predicted molar refractivity (Wildman–Crippen MR) is 110 cm³/mol. The molecule has 0 saturated carbocycles. The molecule has 0 saturated heterocycles. The number of nitrogens with zero attached hydrogens (tertiary/aromatic N) is 2. The van der Waals surface area contributed by atoms with Gasteiger partial charge in [-0.25, -0.2) is 4.79 Å². The average Bonchev–Trinajstić information content (AvgIpc) is 3.11. The van der Waals surface area contributed by atoms with Crippen LogP contribution in [0.5, 0.6) is 0 Å². The molecule has 1 aliphatic rings. The van der Waals surface area contributed by atoms with E-state index in [0.717, 1.165) is 17.7 Å². The Hall–Kier alpha value is -3.38. The van der Waals surface area contributed by atoms with E-state index in [1.807, 2.05) is 18.2 Å². The van der Waals surface area contributed by atoms with Gasteiger partial charge in [-0.05, 0) is 54.4 Å². The van der Waals surface area contributed by atoms with Crippen molar-refractivity contribution in [3.63, 3.8) is 0 Å². The molecule has 0 atom stereocenters. The Morgan fingerprint density at radius 3 is 2.57 bits per heavy atom. The van der Waals surface area contributed by atoms with Crippen molar-refractivity contribution in [1.82, 2.24) is 4.98 Å². The Labute approximate surface area is 167 Å². The third kappa shape index (κ3) is 3.82. The first kappa shape index (κ1) is 18.0. The second-order valence-corrected chi connectivity index (χ2v) is 6.82. The van der Waals surface area contributed by atoms with Crippen molar-refractivity contribution in [3.05, 3.63) is 83.1 Å². The Bertz CT molecular complexity index is 1040. The molecule has 2 N–H and O–H groups in total. The number of fused-ring (bicyclic) bond motifs is 1. The zero-order valence-corrected chi connectivity index (χ0v) is 15.6. The highest BCUT2D eigenvalue weighted by Crippen LogP contribution is 2.32. The number of hydrogen-bond donors (Lipinski definition) is 2. The number of amides is 3. The van der Waals surface area contributed by atoms with E-state index in [1.54, 1.807) is 53.7 Å². The summed E-state index contributed by atoms with van der Waals surface area (Å²) >= 11 is 5.94. The predicted octanol–water partition coefficient (Wildman–Crippen LogP) is 4.58. The first-order chi connectivity index (χ1) is 13.6. The SMILES string of the molecule is O=C(Nc1cccc(Cl)c1)Nc1ccc2c(c1)N(C(=O)c1cccnc1)CC2. The van der Waals surface area contributed by atoms with Crippen LogP contribution in [0.15, 0.2) is 67.0 Å². The lowest BCUT2D eigenvalue weighted by atomic mass is 10.1. The summed E-state index contributed by atoms with van der Waals surface area (Å²) in [4.78, 5) is 30.8. The summed E-state index contributed by atoms with van der Waals surface area (Å²) in [5.41, 5.74) is 3.60. The van der Waals surface area contributed by atoms with Crippen LogP contribution < -0.4 is 15.5 Å². The van der Waals surface area contributed by atoms with Gasteiger partial charge < -0.3 is 15.5 Å². The summed E-state index contributed by atoms with van der Waals surface area (Å²) in [5, 5.41) is 6.07. The van der Waals surface area contributed by atoms with Crippen LogP contribution in [-0.2, 0) is 6.42 Å². The van der Waals surface area contributed by atoms with E-state index in [-0.39, 0.29) is 11.9 Å². The molecule has 2 heterocycles. The molecule has 7 heteroatoms. The molecule has 2 aromatic carbocycles. The van der Waals surface area contributed by atoms with Gasteiger partial charge in [0.05, 0.1) is 5.56 Å². The van der Waals surface area contributed by atoms with Crippen LogP contribution in [0.25, 0.3) is 0 Å². The van der Waals surface area contributed by atoms with Crippen molar-refractivity contribution in [2.24, 2.45) is 0 Å². The fourth-order valence-corrected chi connectivity index (χ4v) is 3.36. The van der Waals surface area contributed by atoms with Crippen LogP contribution in [0.3, 0.4) is 0 Å². The minimum Gasteiger partial charge on any atom is -0.308 e. The Morgan fingerprint density at radius 1 is 1.00 bits per heavy atom. The molecule has 3 aromatic rings. The summed E-state index contributed by atoms with van der Waals surface area (Å²) in [6, 6.07) is 15.6. The zero-order chi connectivity index (χ0) is 19.5. The van der Waals surface area contributed by atoms with E-state index in [9.17, 15) is 9.59 Å². The maximum Gasteiger partial charge on any atom is 0.323 e. The van der Waals surface area contributed by atoms with Crippen LogP contribution in [0.2, 0.25) is 5.02 Å². The fourth-order valence-electron chi connectivity index (χ4n) is 3.17. The molecule has 1 aliphatic heterocycles. The van der Waals surface area contributed by atoms with Crippen LogP contribution in [0.4, 0.5) is 21.9 Å². The van der Waals surface area contributed by atoms with Crippen molar-refractivity contribution in [2.75, 3.05) is 22.1 Å². The van der Waals surface area contributed by atoms with Gasteiger partial charge in [0.25, 0.3) is 5.91 Å². The van der Waals surface area contributed by atoms with Gasteiger partial charge in [-0.2, -0.15) is 0 Å². The summed E-state index contributed by atoms with van der Waals surface area (Å²) in [7, 11) is 0. The van der Waals surface area contributed by atoms with Crippen LogP contribution in [0, 0.1) is 0 Å². The number of carbonyl (C=O) groups is 2. The van der Waals surface area contributed by atoms with Gasteiger partial charge in [0.1, 0.15) is 0 Å². The molecule has 0 radical (unpaired) electrons. The number of carbonyl (C=O) groups excluding carboxylic acids is 2. The summed E-state index contributed by atoms with van der Waals surface area (Å²) in [6.45, 7) is 0.598. The highest BCUT2D eigenvalue weighted by atomic mass is 35.5. The molecular weight excluding hydrogens is 376 g/mol. The molecule has 3 amide bonds. The number of aromatic nitrogens is 1. The van der Waals surface area contributed by atoms with Crippen molar-refractivity contribution < 1.29 is 9.59 Å². The number of halogens is 1. The molecule has 0 fully saturated rings. The highest BCUT2D eigenvalue weighted by molar-refractivity contribution is 6.30. The van der Waals surface area contributed by atoms with Crippen LogP contribution in [0.1, 0.15) is 15.9 Å². The van der Waals surface area contributed by atoms with Crippen LogP contribution in [-0.4, -0.2) is 23.5 Å². The van der Waals surface area contributed by atoms with E-state index in [4.69, 9.17) is 11.6 Å². The van der Waals surface area contributed by atoms with E-state index >= 15 is 0 Å². The van der Waals surface area contributed by atoms with Gasteiger partial charge in [0.15, 0.2) is 0 Å². The third-order valence-electron chi connectivity index (χ3n) is 4.47. The van der Waals surface area contributed by atoms with E-state index in [1.165, 1.54) is 0 Å². The lowest BCUT2D eigenvalue weighted by Crippen LogP contribution is -2.29. The van der Waals surface area contributed by atoms with E-state index < -0.39 is 0 Å². The Kier molecular flexibility index (Phi) is 4.95. The third-order valence-corrected chi connectivity index (χ3v) is 4.71. The van der Waals surface area contributed by atoms with E-state index in [2.05, 4.69) is 15.6 Å². The second kappa shape index (κ2) is 7.70. The van der Waals surface area contributed by atoms with Gasteiger partial charge in [-0.1, -0.05) is 23.7 Å². The molecule has 0 aliphatic carbocycles. The standard InChI is InChI=1S/C21H17ClN4O2/c22-16-4-1-5-17(11-16)24-21(28)25-18-7-6-14-8-10-26(19(14)12-18)20(27)15-3-2-9-23-13-15/h1-7,9,11-13H,8,10H2,(H2,24,25,28). The lowest BCUT2D eigenvalue weighted by Gasteiger charge is -2.18. The Morgan fingerprint density at radius 2 is 1.82 bits per heavy atom. The number of pyridine rings is 1. The molecule has 0 bridgehead atoms. The molecular formula is C21H17ClN4O2. The minimum atomic E-state index is -0.384. The number of anilines is 3. The molecule has 6 nitrogen and oxygen atoms in total. The normalized spacial score (nSPS) is 12.4. The van der Waals surface area contributed by atoms with Crippen molar-refractivity contribution in [2.45, 2.75) is 6.42 Å². The molecule has 4 rings (SSSR count). The number of rotatable bonds is 3. The summed E-state index contributed by atoms with van der Waals surface area (Å²) in [6.07, 6.45) is 3.96. The number of hydrogen-bond acceptors (Lipinski definition) is 3. The zero-order valence-electron chi connectivity index (χ0n) is 14.9. The van der Waals surface area contributed by atoms with Gasteiger partial charge in [-0.3, -0.25) is 9.78 Å².